The summed E-state index contributed by atoms with van der Waals surface area (Å²) in [5, 5.41) is 11.4. The zero-order chi connectivity index (χ0) is 15.0. The van der Waals surface area contributed by atoms with Crippen molar-refractivity contribution in [3.8, 4) is 0 Å². The van der Waals surface area contributed by atoms with Crippen LogP contribution in [0.1, 0.15) is 23.7 Å². The molecule has 3 rings (SSSR count). The molecule has 1 N–H and O–H groups in total. The lowest BCUT2D eigenvalue weighted by Gasteiger charge is -2.23. The van der Waals surface area contributed by atoms with Crippen LogP contribution in [0.2, 0.25) is 0 Å². The Morgan fingerprint density at radius 3 is 2.57 bits per heavy atom. The van der Waals surface area contributed by atoms with Crippen LogP contribution >= 0.6 is 0 Å². The van der Waals surface area contributed by atoms with Gasteiger partial charge in [0.05, 0.1) is 0 Å². The number of carboxylic acid groups (broad SMARTS) is 1. The average Bonchev–Trinajstić information content (AvgIpc) is 2.88. The van der Waals surface area contributed by atoms with Crippen LogP contribution in [-0.2, 0) is 4.79 Å². The van der Waals surface area contributed by atoms with Gasteiger partial charge < -0.3 is 10.0 Å². The van der Waals surface area contributed by atoms with Gasteiger partial charge in [-0.05, 0) is 35.2 Å². The van der Waals surface area contributed by atoms with Gasteiger partial charge in [-0.2, -0.15) is 0 Å². The number of benzene rings is 2. The first-order valence-electron chi connectivity index (χ1n) is 7.10. The molecule has 108 valence electrons. The molecule has 0 bridgehead atoms. The summed E-state index contributed by atoms with van der Waals surface area (Å²) in [7, 11) is 0. The summed E-state index contributed by atoms with van der Waals surface area (Å²) in [6.45, 7) is 2.39. The molecule has 2 aromatic carbocycles. The Kier molecular flexibility index (Phi) is 3.37. The van der Waals surface area contributed by atoms with E-state index >= 15 is 0 Å². The summed E-state index contributed by atoms with van der Waals surface area (Å²) < 4.78 is 0. The van der Waals surface area contributed by atoms with E-state index in [1.54, 1.807) is 6.07 Å². The standard InChI is InChI=1S/C17H17NO3/c1-11-8-9-18(15(11)17(20)21)16(19)14-7-6-12-4-2-3-5-13(12)10-14/h2-7,10-11,15H,8-9H2,1H3,(H,20,21). The van der Waals surface area contributed by atoms with E-state index in [0.717, 1.165) is 17.2 Å². The summed E-state index contributed by atoms with van der Waals surface area (Å²) >= 11 is 0. The van der Waals surface area contributed by atoms with Gasteiger partial charge in [0.15, 0.2) is 0 Å². The molecule has 0 aliphatic carbocycles. The number of likely N-dealkylation sites (tertiary alicyclic amines) is 1. The van der Waals surface area contributed by atoms with Crippen LogP contribution in [0.4, 0.5) is 0 Å². The largest absolute Gasteiger partial charge is 0.480 e. The number of carboxylic acids is 1. The number of fused-ring (bicyclic) bond motifs is 1. The van der Waals surface area contributed by atoms with Gasteiger partial charge in [0.1, 0.15) is 6.04 Å². The number of amides is 1. The van der Waals surface area contributed by atoms with E-state index in [9.17, 15) is 14.7 Å². The molecule has 4 heteroatoms. The van der Waals surface area contributed by atoms with Gasteiger partial charge in [-0.25, -0.2) is 4.79 Å². The Bertz CT molecular complexity index is 710. The second kappa shape index (κ2) is 5.20. The number of rotatable bonds is 2. The molecule has 0 radical (unpaired) electrons. The Labute approximate surface area is 123 Å². The first-order valence-corrected chi connectivity index (χ1v) is 7.10. The monoisotopic (exact) mass is 283 g/mol. The van der Waals surface area contributed by atoms with Gasteiger partial charge in [0.2, 0.25) is 0 Å². The lowest BCUT2D eigenvalue weighted by Crippen LogP contribution is -2.42. The maximum absolute atomic E-state index is 12.6. The van der Waals surface area contributed by atoms with E-state index in [4.69, 9.17) is 0 Å². The normalized spacial score (nSPS) is 21.7. The molecule has 1 aliphatic heterocycles. The van der Waals surface area contributed by atoms with Gasteiger partial charge >= 0.3 is 5.97 Å². The SMILES string of the molecule is CC1CCN(C(=O)c2ccc3ccccc3c2)C1C(=O)O. The first-order chi connectivity index (χ1) is 10.1. The Balaban J connectivity index is 1.94. The highest BCUT2D eigenvalue weighted by Crippen LogP contribution is 2.26. The van der Waals surface area contributed by atoms with Crippen molar-refractivity contribution in [2.24, 2.45) is 5.92 Å². The zero-order valence-corrected chi connectivity index (χ0v) is 11.8. The van der Waals surface area contributed by atoms with Gasteiger partial charge in [0, 0.05) is 12.1 Å². The molecule has 21 heavy (non-hydrogen) atoms. The third kappa shape index (κ3) is 2.37. The number of nitrogens with zero attached hydrogens (tertiary/aromatic N) is 1. The fourth-order valence-corrected chi connectivity index (χ4v) is 3.04. The van der Waals surface area contributed by atoms with Crippen molar-refractivity contribution in [3.63, 3.8) is 0 Å². The zero-order valence-electron chi connectivity index (χ0n) is 11.8. The Morgan fingerprint density at radius 1 is 1.14 bits per heavy atom. The minimum Gasteiger partial charge on any atom is -0.480 e. The summed E-state index contributed by atoms with van der Waals surface area (Å²) in [5.74, 6) is -1.13. The fraction of sp³-hybridized carbons (Fsp3) is 0.294. The van der Waals surface area contributed by atoms with E-state index < -0.39 is 12.0 Å². The molecule has 2 atom stereocenters. The van der Waals surface area contributed by atoms with E-state index in [0.29, 0.717) is 12.1 Å². The molecular weight excluding hydrogens is 266 g/mol. The molecule has 1 fully saturated rings. The average molecular weight is 283 g/mol. The smallest absolute Gasteiger partial charge is 0.326 e. The maximum Gasteiger partial charge on any atom is 0.326 e. The van der Waals surface area contributed by atoms with E-state index in [2.05, 4.69) is 0 Å². The summed E-state index contributed by atoms with van der Waals surface area (Å²) in [6, 6.07) is 12.6. The predicted octanol–water partition coefficient (Wildman–Crippen LogP) is 2.78. The van der Waals surface area contributed by atoms with Crippen LogP contribution in [0.5, 0.6) is 0 Å². The van der Waals surface area contributed by atoms with Crippen molar-refractivity contribution < 1.29 is 14.7 Å². The lowest BCUT2D eigenvalue weighted by molar-refractivity contribution is -0.142. The maximum atomic E-state index is 12.6. The molecule has 0 spiro atoms. The third-order valence-corrected chi connectivity index (χ3v) is 4.21. The molecule has 1 heterocycles. The third-order valence-electron chi connectivity index (χ3n) is 4.21. The van der Waals surface area contributed by atoms with E-state index in [1.807, 2.05) is 43.3 Å². The molecule has 1 amide bonds. The van der Waals surface area contributed by atoms with Gasteiger partial charge in [-0.1, -0.05) is 37.3 Å². The van der Waals surface area contributed by atoms with E-state index in [-0.39, 0.29) is 11.8 Å². The second-order valence-corrected chi connectivity index (χ2v) is 5.61. The highest BCUT2D eigenvalue weighted by molar-refractivity contribution is 6.00. The van der Waals surface area contributed by atoms with Crippen LogP contribution in [-0.4, -0.2) is 34.5 Å². The topological polar surface area (TPSA) is 57.6 Å². The summed E-state index contributed by atoms with van der Waals surface area (Å²) in [5.41, 5.74) is 0.550. The molecule has 1 aliphatic rings. The van der Waals surface area contributed by atoms with Crippen LogP contribution in [0.3, 0.4) is 0 Å². The summed E-state index contributed by atoms with van der Waals surface area (Å²) in [6.07, 6.45) is 0.732. The van der Waals surface area contributed by atoms with Crippen LogP contribution in [0.25, 0.3) is 10.8 Å². The fourth-order valence-electron chi connectivity index (χ4n) is 3.04. The van der Waals surface area contributed by atoms with Crippen LogP contribution in [0, 0.1) is 5.92 Å². The minimum absolute atomic E-state index is 0.00749. The van der Waals surface area contributed by atoms with Crippen molar-refractivity contribution in [3.05, 3.63) is 48.0 Å². The number of carbonyl (C=O) groups is 2. The predicted molar refractivity (Wildman–Crippen MR) is 80.2 cm³/mol. The highest BCUT2D eigenvalue weighted by atomic mass is 16.4. The quantitative estimate of drug-likeness (QED) is 0.922. The molecule has 4 nitrogen and oxygen atoms in total. The van der Waals surface area contributed by atoms with E-state index in [1.165, 1.54) is 4.90 Å². The number of hydrogen-bond acceptors (Lipinski definition) is 2. The molecular formula is C17H17NO3. The van der Waals surface area contributed by atoms with Crippen LogP contribution < -0.4 is 0 Å². The lowest BCUT2D eigenvalue weighted by atomic mass is 10.0. The minimum atomic E-state index is -0.922. The van der Waals surface area contributed by atoms with Crippen molar-refractivity contribution in [2.45, 2.75) is 19.4 Å². The van der Waals surface area contributed by atoms with Crippen molar-refractivity contribution in [1.29, 1.82) is 0 Å². The van der Waals surface area contributed by atoms with Crippen molar-refractivity contribution in [2.75, 3.05) is 6.54 Å². The number of hydrogen-bond donors (Lipinski definition) is 1. The molecule has 2 aromatic rings. The van der Waals surface area contributed by atoms with Gasteiger partial charge in [-0.3, -0.25) is 4.79 Å². The number of aliphatic carboxylic acids is 1. The highest BCUT2D eigenvalue weighted by Gasteiger charge is 2.39. The van der Waals surface area contributed by atoms with Crippen molar-refractivity contribution >= 4 is 22.6 Å². The Morgan fingerprint density at radius 2 is 1.86 bits per heavy atom. The summed E-state index contributed by atoms with van der Waals surface area (Å²) in [4.78, 5) is 25.5. The van der Waals surface area contributed by atoms with Crippen molar-refractivity contribution in [1.82, 2.24) is 4.90 Å². The van der Waals surface area contributed by atoms with Gasteiger partial charge in [0.25, 0.3) is 5.91 Å². The number of carbonyl (C=O) groups excluding carboxylic acids is 1. The molecule has 0 saturated carbocycles. The molecule has 1 saturated heterocycles. The molecule has 0 aromatic heterocycles. The second-order valence-electron chi connectivity index (χ2n) is 5.61. The first kappa shape index (κ1) is 13.6. The molecule has 2 unspecified atom stereocenters. The van der Waals surface area contributed by atoms with Crippen LogP contribution in [0.15, 0.2) is 42.5 Å². The van der Waals surface area contributed by atoms with Gasteiger partial charge in [-0.15, -0.1) is 0 Å². The Hall–Kier alpha value is -2.36.